The molecule has 0 aliphatic carbocycles. The Morgan fingerprint density at radius 1 is 1.10 bits per heavy atom. The average Bonchev–Trinajstić information content (AvgIpc) is 2.70. The van der Waals surface area contributed by atoms with E-state index in [4.69, 9.17) is 0 Å². The molecule has 108 valence electrons. The van der Waals surface area contributed by atoms with Gasteiger partial charge in [0, 0.05) is 17.2 Å². The number of rotatable bonds is 1. The van der Waals surface area contributed by atoms with Gasteiger partial charge in [0.25, 0.3) is 5.69 Å². The minimum atomic E-state index is -1.45. The lowest BCUT2D eigenvalue weighted by Gasteiger charge is -2.42. The fourth-order valence-electron chi connectivity index (χ4n) is 3.03. The molecule has 0 spiro atoms. The van der Waals surface area contributed by atoms with Gasteiger partial charge in [0.15, 0.2) is 6.20 Å². The molecule has 1 aromatic heterocycles. The van der Waals surface area contributed by atoms with Crippen molar-refractivity contribution < 1.29 is 14.9 Å². The van der Waals surface area contributed by atoms with Crippen LogP contribution in [0.25, 0.3) is 0 Å². The molecule has 0 radical (unpaired) electrons. The summed E-state index contributed by atoms with van der Waals surface area (Å²) < 4.78 is 0. The molecule has 1 unspecified atom stereocenters. The van der Waals surface area contributed by atoms with Crippen LogP contribution in [0.1, 0.15) is 42.4 Å². The third-order valence-corrected chi connectivity index (χ3v) is 3.82. The van der Waals surface area contributed by atoms with Gasteiger partial charge in [-0.25, -0.2) is 4.98 Å². The molecule has 21 heavy (non-hydrogen) atoms. The lowest BCUT2D eigenvalue weighted by molar-refractivity contribution is -0.382. The Morgan fingerprint density at radius 2 is 1.76 bits per heavy atom. The number of benzene rings is 1. The summed E-state index contributed by atoms with van der Waals surface area (Å²) in [6, 6.07) is 12.9. The zero-order valence-electron chi connectivity index (χ0n) is 12.4. The molecule has 2 N–H and O–H groups in total. The quantitative estimate of drug-likeness (QED) is 0.869. The number of amides is 1. The van der Waals surface area contributed by atoms with Crippen molar-refractivity contribution in [3.8, 4) is 0 Å². The molecule has 1 amide bonds. The van der Waals surface area contributed by atoms with E-state index in [0.717, 1.165) is 0 Å². The van der Waals surface area contributed by atoms with Crippen LogP contribution in [0.2, 0.25) is 0 Å². The summed E-state index contributed by atoms with van der Waals surface area (Å²) in [5, 5.41) is 11.5. The lowest BCUT2D eigenvalue weighted by atomic mass is 9.92. The monoisotopic (exact) mass is 283 g/mol. The highest BCUT2D eigenvalue weighted by Crippen LogP contribution is 2.44. The molecular weight excluding hydrogens is 264 g/mol. The number of H-pyrrole nitrogens is 1. The van der Waals surface area contributed by atoms with E-state index < -0.39 is 11.3 Å². The van der Waals surface area contributed by atoms with E-state index >= 15 is 0 Å². The molecule has 4 heteroatoms. The zero-order valence-corrected chi connectivity index (χ0v) is 12.4. The molecule has 2 heterocycles. The molecule has 1 aliphatic heterocycles. The first-order valence-corrected chi connectivity index (χ1v) is 7.00. The van der Waals surface area contributed by atoms with Gasteiger partial charge in [0.1, 0.15) is 0 Å². The molecule has 4 nitrogen and oxygen atoms in total. The van der Waals surface area contributed by atoms with Gasteiger partial charge < -0.3 is 5.11 Å². The van der Waals surface area contributed by atoms with Crippen molar-refractivity contribution in [1.29, 1.82) is 0 Å². The van der Waals surface area contributed by atoms with Crippen molar-refractivity contribution >= 4 is 5.91 Å². The second kappa shape index (κ2) is 4.40. The van der Waals surface area contributed by atoms with Crippen molar-refractivity contribution in [1.82, 2.24) is 4.90 Å². The number of nitrogens with zero attached hydrogens (tertiary/aromatic N) is 1. The van der Waals surface area contributed by atoms with Crippen molar-refractivity contribution in [3.63, 3.8) is 0 Å². The fourth-order valence-corrected chi connectivity index (χ4v) is 3.03. The van der Waals surface area contributed by atoms with Crippen LogP contribution in [0.3, 0.4) is 0 Å². The summed E-state index contributed by atoms with van der Waals surface area (Å²) in [5.74, 6) is -0.190. The van der Waals surface area contributed by atoms with E-state index in [1.54, 1.807) is 18.3 Å². The number of carbonyl (C=O) groups excluding carboxylic acids is 1. The highest BCUT2D eigenvalue weighted by molar-refractivity contribution is 5.97. The van der Waals surface area contributed by atoms with Crippen molar-refractivity contribution in [2.45, 2.75) is 32.0 Å². The van der Waals surface area contributed by atoms with E-state index in [0.29, 0.717) is 16.8 Å². The first-order valence-electron chi connectivity index (χ1n) is 7.00. The van der Waals surface area contributed by atoms with Gasteiger partial charge in [-0.15, -0.1) is 0 Å². The summed E-state index contributed by atoms with van der Waals surface area (Å²) in [5.41, 5.74) is -0.250. The Bertz CT molecular complexity index is 691. The van der Waals surface area contributed by atoms with E-state index in [2.05, 4.69) is 4.98 Å². The number of hydrogen-bond acceptors (Lipinski definition) is 2. The van der Waals surface area contributed by atoms with E-state index in [-0.39, 0.29) is 5.91 Å². The van der Waals surface area contributed by atoms with Gasteiger partial charge in [-0.1, -0.05) is 30.3 Å². The van der Waals surface area contributed by atoms with Crippen molar-refractivity contribution in [2.24, 2.45) is 0 Å². The molecule has 1 aliphatic rings. The standard InChI is InChI=1S/C17H18N2O2/c1-16(2,3)19-15(20)14-13(10-7-11-18-14)17(19,21)12-8-5-4-6-9-12/h4-11,21H,1-3H3/p+1. The fraction of sp³-hybridized carbons (Fsp3) is 0.294. The Hall–Kier alpha value is -2.20. The highest BCUT2D eigenvalue weighted by Gasteiger charge is 2.57. The summed E-state index contributed by atoms with van der Waals surface area (Å²) >= 11 is 0. The molecule has 0 bridgehead atoms. The Labute approximate surface area is 124 Å². The topological polar surface area (TPSA) is 54.7 Å². The molecule has 2 aromatic rings. The predicted octanol–water partition coefficient (Wildman–Crippen LogP) is 1.95. The number of aliphatic hydroxyl groups is 1. The number of aromatic nitrogens is 1. The van der Waals surface area contributed by atoms with Gasteiger partial charge >= 0.3 is 5.91 Å². The summed E-state index contributed by atoms with van der Waals surface area (Å²) in [7, 11) is 0. The van der Waals surface area contributed by atoms with E-state index in [1.165, 1.54) is 4.90 Å². The second-order valence-electron chi connectivity index (χ2n) is 6.31. The van der Waals surface area contributed by atoms with Crippen molar-refractivity contribution in [2.75, 3.05) is 0 Å². The van der Waals surface area contributed by atoms with Gasteiger partial charge in [-0.05, 0) is 26.8 Å². The molecule has 0 fully saturated rings. The molecule has 1 aromatic carbocycles. The number of aromatic amines is 1. The van der Waals surface area contributed by atoms with E-state index in [9.17, 15) is 9.90 Å². The normalized spacial score (nSPS) is 21.5. The van der Waals surface area contributed by atoms with Crippen LogP contribution in [0.4, 0.5) is 0 Å². The Kier molecular flexibility index (Phi) is 2.88. The summed E-state index contributed by atoms with van der Waals surface area (Å²) in [6.07, 6.45) is 1.70. The molecule has 1 atom stereocenters. The summed E-state index contributed by atoms with van der Waals surface area (Å²) in [6.45, 7) is 5.76. The number of hydrogen-bond donors (Lipinski definition) is 1. The van der Waals surface area contributed by atoms with Crippen molar-refractivity contribution in [3.05, 3.63) is 65.5 Å². The number of carbonyl (C=O) groups is 1. The minimum Gasteiger partial charge on any atom is -0.363 e. The van der Waals surface area contributed by atoms with Gasteiger partial charge in [-0.2, -0.15) is 0 Å². The number of nitrogens with one attached hydrogen (secondary N) is 1. The lowest BCUT2D eigenvalue weighted by Crippen LogP contribution is -2.54. The largest absolute Gasteiger partial charge is 0.363 e. The van der Waals surface area contributed by atoms with Crippen LogP contribution < -0.4 is 4.98 Å². The third kappa shape index (κ3) is 1.87. The minimum absolute atomic E-state index is 0.190. The Balaban J connectivity index is 2.31. The van der Waals surface area contributed by atoms with E-state index in [1.807, 2.05) is 51.1 Å². The Morgan fingerprint density at radius 3 is 2.38 bits per heavy atom. The van der Waals surface area contributed by atoms with Crippen LogP contribution >= 0.6 is 0 Å². The van der Waals surface area contributed by atoms with Crippen LogP contribution in [0.15, 0.2) is 48.7 Å². The van der Waals surface area contributed by atoms with Crippen LogP contribution in [-0.2, 0) is 5.72 Å². The molecule has 0 saturated carbocycles. The zero-order chi connectivity index (χ0) is 15.3. The first kappa shape index (κ1) is 13.8. The van der Waals surface area contributed by atoms with Gasteiger partial charge in [0.2, 0.25) is 5.72 Å². The summed E-state index contributed by atoms with van der Waals surface area (Å²) in [4.78, 5) is 17.3. The maximum absolute atomic E-state index is 12.8. The first-order chi connectivity index (χ1) is 9.87. The predicted molar refractivity (Wildman–Crippen MR) is 78.4 cm³/mol. The highest BCUT2D eigenvalue weighted by atomic mass is 16.3. The SMILES string of the molecule is CC(C)(C)N1C(=O)c2[nH+]cccc2C1(O)c1ccccc1. The maximum Gasteiger partial charge on any atom is 0.322 e. The molecule has 3 rings (SSSR count). The molecule has 0 saturated heterocycles. The van der Waals surface area contributed by atoms with Crippen LogP contribution in [-0.4, -0.2) is 21.5 Å². The molecular formula is C17H19N2O2+. The maximum atomic E-state index is 12.8. The van der Waals surface area contributed by atoms with Crippen LogP contribution in [0, 0.1) is 0 Å². The van der Waals surface area contributed by atoms with Gasteiger partial charge in [-0.3, -0.25) is 9.69 Å². The van der Waals surface area contributed by atoms with Crippen LogP contribution in [0.5, 0.6) is 0 Å². The smallest absolute Gasteiger partial charge is 0.322 e. The second-order valence-corrected chi connectivity index (χ2v) is 6.31. The number of pyridine rings is 1. The third-order valence-electron chi connectivity index (χ3n) is 3.82. The van der Waals surface area contributed by atoms with Gasteiger partial charge in [0.05, 0.1) is 5.56 Å². The number of fused-ring (bicyclic) bond motifs is 1. The average molecular weight is 283 g/mol.